The van der Waals surface area contributed by atoms with Gasteiger partial charge in [-0.1, -0.05) is 30.3 Å². The molecule has 0 aliphatic heterocycles. The van der Waals surface area contributed by atoms with E-state index in [0.717, 1.165) is 12.8 Å². The number of nitrogens with two attached hydrogens (primary N) is 1. The van der Waals surface area contributed by atoms with Crippen LogP contribution in [0.2, 0.25) is 0 Å². The molecule has 0 radical (unpaired) electrons. The van der Waals surface area contributed by atoms with E-state index in [1.807, 2.05) is 6.07 Å². The van der Waals surface area contributed by atoms with Gasteiger partial charge in [0.2, 0.25) is 0 Å². The van der Waals surface area contributed by atoms with Gasteiger partial charge in [0.15, 0.2) is 0 Å². The number of benzene rings is 1. The normalized spacial score (nSPS) is 14.7. The minimum absolute atomic E-state index is 0.0848. The zero-order valence-electron chi connectivity index (χ0n) is 9.95. The van der Waals surface area contributed by atoms with Crippen molar-refractivity contribution in [2.24, 2.45) is 5.73 Å². The molecule has 0 heterocycles. The van der Waals surface area contributed by atoms with E-state index in [1.165, 1.54) is 5.56 Å². The summed E-state index contributed by atoms with van der Waals surface area (Å²) in [6.07, 6.45) is 1.99. The molecule has 0 fully saturated rings. The van der Waals surface area contributed by atoms with Crippen LogP contribution < -0.4 is 11.1 Å². The molecular formula is C13H22N2O. The number of hydrogen-bond acceptors (Lipinski definition) is 3. The Morgan fingerprint density at radius 3 is 2.56 bits per heavy atom. The van der Waals surface area contributed by atoms with Crippen molar-refractivity contribution in [1.29, 1.82) is 0 Å². The largest absolute Gasteiger partial charge is 0.395 e. The third kappa shape index (κ3) is 4.31. The SMILES string of the molecule is CC(CN)(CCc1ccccc1)NCCO. The molecular weight excluding hydrogens is 200 g/mol. The highest BCUT2D eigenvalue weighted by atomic mass is 16.3. The predicted molar refractivity (Wildman–Crippen MR) is 67.3 cm³/mol. The number of rotatable bonds is 7. The highest BCUT2D eigenvalue weighted by Gasteiger charge is 2.20. The maximum atomic E-state index is 8.81. The van der Waals surface area contributed by atoms with E-state index in [-0.39, 0.29) is 12.1 Å². The summed E-state index contributed by atoms with van der Waals surface area (Å²) in [6.45, 7) is 3.44. The lowest BCUT2D eigenvalue weighted by Crippen LogP contribution is -2.49. The lowest BCUT2D eigenvalue weighted by Gasteiger charge is -2.29. The summed E-state index contributed by atoms with van der Waals surface area (Å²) in [5, 5.41) is 12.1. The fraction of sp³-hybridized carbons (Fsp3) is 0.538. The van der Waals surface area contributed by atoms with Crippen LogP contribution in [-0.2, 0) is 6.42 Å². The van der Waals surface area contributed by atoms with E-state index in [2.05, 4.69) is 36.5 Å². The first-order chi connectivity index (χ1) is 7.70. The Bertz CT molecular complexity index is 289. The van der Waals surface area contributed by atoms with Gasteiger partial charge in [0.05, 0.1) is 6.61 Å². The van der Waals surface area contributed by atoms with Crippen molar-refractivity contribution in [3.05, 3.63) is 35.9 Å². The number of aliphatic hydroxyl groups excluding tert-OH is 1. The van der Waals surface area contributed by atoms with Crippen LogP contribution in [0.4, 0.5) is 0 Å². The summed E-state index contributed by atoms with van der Waals surface area (Å²) < 4.78 is 0. The van der Waals surface area contributed by atoms with Crippen molar-refractivity contribution in [2.45, 2.75) is 25.3 Å². The quantitative estimate of drug-likeness (QED) is 0.643. The minimum atomic E-state index is -0.0848. The molecule has 16 heavy (non-hydrogen) atoms. The fourth-order valence-corrected chi connectivity index (χ4v) is 1.69. The molecule has 1 aromatic carbocycles. The summed E-state index contributed by atoms with van der Waals surface area (Å²) in [6, 6.07) is 10.4. The average Bonchev–Trinajstić information content (AvgIpc) is 2.35. The molecule has 1 atom stereocenters. The molecule has 1 aromatic rings. The smallest absolute Gasteiger partial charge is 0.0556 e. The van der Waals surface area contributed by atoms with Crippen LogP contribution in [0.3, 0.4) is 0 Å². The third-order valence-electron chi connectivity index (χ3n) is 2.92. The van der Waals surface area contributed by atoms with Gasteiger partial charge in [-0.25, -0.2) is 0 Å². The summed E-state index contributed by atoms with van der Waals surface area (Å²) in [4.78, 5) is 0. The number of nitrogens with one attached hydrogen (secondary N) is 1. The zero-order valence-corrected chi connectivity index (χ0v) is 9.95. The first kappa shape index (κ1) is 13.2. The second-order valence-corrected chi connectivity index (χ2v) is 4.40. The van der Waals surface area contributed by atoms with Crippen molar-refractivity contribution in [3.8, 4) is 0 Å². The van der Waals surface area contributed by atoms with Crippen molar-refractivity contribution < 1.29 is 5.11 Å². The van der Waals surface area contributed by atoms with E-state index >= 15 is 0 Å². The highest BCUT2D eigenvalue weighted by molar-refractivity contribution is 5.15. The molecule has 0 aromatic heterocycles. The van der Waals surface area contributed by atoms with Gasteiger partial charge in [-0.15, -0.1) is 0 Å². The minimum Gasteiger partial charge on any atom is -0.395 e. The molecule has 3 heteroatoms. The van der Waals surface area contributed by atoms with Crippen LogP contribution in [0, 0.1) is 0 Å². The monoisotopic (exact) mass is 222 g/mol. The molecule has 1 unspecified atom stereocenters. The Kier molecular flexibility index (Phi) is 5.46. The van der Waals surface area contributed by atoms with Gasteiger partial charge in [0.25, 0.3) is 0 Å². The molecule has 0 saturated heterocycles. The number of aliphatic hydroxyl groups is 1. The molecule has 0 bridgehead atoms. The predicted octanol–water partition coefficient (Wildman–Crippen LogP) is 0.919. The number of β-amino-alcohol motifs (C(OH)–C–C–N with tert-alkyl or cyclic N) is 1. The highest BCUT2D eigenvalue weighted by Crippen LogP contribution is 2.12. The Morgan fingerprint density at radius 1 is 1.31 bits per heavy atom. The van der Waals surface area contributed by atoms with Crippen molar-refractivity contribution in [1.82, 2.24) is 5.32 Å². The zero-order chi connectivity index (χ0) is 11.9. The Balaban J connectivity index is 2.44. The molecule has 90 valence electrons. The van der Waals surface area contributed by atoms with Crippen LogP contribution in [0.15, 0.2) is 30.3 Å². The van der Waals surface area contributed by atoms with Crippen LogP contribution >= 0.6 is 0 Å². The molecule has 0 spiro atoms. The van der Waals surface area contributed by atoms with E-state index < -0.39 is 0 Å². The van der Waals surface area contributed by atoms with Crippen LogP contribution in [0.25, 0.3) is 0 Å². The van der Waals surface area contributed by atoms with Gasteiger partial charge in [-0.3, -0.25) is 0 Å². The lowest BCUT2D eigenvalue weighted by atomic mass is 9.93. The average molecular weight is 222 g/mol. The van der Waals surface area contributed by atoms with Gasteiger partial charge in [0, 0.05) is 18.6 Å². The summed E-state index contributed by atoms with van der Waals surface area (Å²) >= 11 is 0. The Morgan fingerprint density at radius 2 is 2.00 bits per heavy atom. The van der Waals surface area contributed by atoms with Crippen LogP contribution in [-0.4, -0.2) is 30.3 Å². The van der Waals surface area contributed by atoms with Crippen LogP contribution in [0.5, 0.6) is 0 Å². The van der Waals surface area contributed by atoms with E-state index in [0.29, 0.717) is 13.1 Å². The maximum Gasteiger partial charge on any atom is 0.0556 e. The number of aryl methyl sites for hydroxylation is 1. The van der Waals surface area contributed by atoms with Gasteiger partial charge >= 0.3 is 0 Å². The first-order valence-corrected chi connectivity index (χ1v) is 5.80. The fourth-order valence-electron chi connectivity index (χ4n) is 1.69. The van der Waals surface area contributed by atoms with Crippen LogP contribution in [0.1, 0.15) is 18.9 Å². The molecule has 4 N–H and O–H groups in total. The molecule has 0 saturated carbocycles. The molecule has 0 aliphatic rings. The van der Waals surface area contributed by atoms with E-state index in [9.17, 15) is 0 Å². The summed E-state index contributed by atoms with van der Waals surface area (Å²) in [5.41, 5.74) is 7.01. The van der Waals surface area contributed by atoms with Gasteiger partial charge in [-0.05, 0) is 25.3 Å². The van der Waals surface area contributed by atoms with E-state index in [4.69, 9.17) is 10.8 Å². The van der Waals surface area contributed by atoms with Crippen molar-refractivity contribution in [2.75, 3.05) is 19.7 Å². The molecule has 0 amide bonds. The van der Waals surface area contributed by atoms with Gasteiger partial charge in [-0.2, -0.15) is 0 Å². The second kappa shape index (κ2) is 6.63. The summed E-state index contributed by atoms with van der Waals surface area (Å²) in [7, 11) is 0. The first-order valence-electron chi connectivity index (χ1n) is 5.80. The second-order valence-electron chi connectivity index (χ2n) is 4.40. The lowest BCUT2D eigenvalue weighted by molar-refractivity contribution is 0.255. The van der Waals surface area contributed by atoms with E-state index in [1.54, 1.807) is 0 Å². The summed E-state index contributed by atoms with van der Waals surface area (Å²) in [5.74, 6) is 0. The number of hydrogen-bond donors (Lipinski definition) is 3. The van der Waals surface area contributed by atoms with Crippen molar-refractivity contribution >= 4 is 0 Å². The topological polar surface area (TPSA) is 58.3 Å². The van der Waals surface area contributed by atoms with Gasteiger partial charge < -0.3 is 16.2 Å². The standard InChI is InChI=1S/C13H22N2O/c1-13(11-14,15-9-10-16)8-7-12-5-3-2-4-6-12/h2-6,15-16H,7-11,14H2,1H3. The Hall–Kier alpha value is -0.900. The maximum absolute atomic E-state index is 8.81. The molecule has 3 nitrogen and oxygen atoms in total. The van der Waals surface area contributed by atoms with Crippen molar-refractivity contribution in [3.63, 3.8) is 0 Å². The molecule has 1 rings (SSSR count). The Labute approximate surface area is 97.7 Å². The van der Waals surface area contributed by atoms with Gasteiger partial charge in [0.1, 0.15) is 0 Å². The third-order valence-corrected chi connectivity index (χ3v) is 2.92. The molecule has 0 aliphatic carbocycles.